The van der Waals surface area contributed by atoms with E-state index in [0.29, 0.717) is 17.3 Å². The van der Waals surface area contributed by atoms with Crippen LogP contribution in [0.2, 0.25) is 5.02 Å². The van der Waals surface area contributed by atoms with Gasteiger partial charge in [-0.2, -0.15) is 0 Å². The van der Waals surface area contributed by atoms with Crippen LogP contribution in [-0.4, -0.2) is 27.6 Å². The maximum atomic E-state index is 11.6. The van der Waals surface area contributed by atoms with E-state index in [-0.39, 0.29) is 0 Å². The van der Waals surface area contributed by atoms with Gasteiger partial charge in [0.05, 0.1) is 24.9 Å². The first kappa shape index (κ1) is 12.6. The number of rotatable bonds is 3. The predicted molar refractivity (Wildman–Crippen MR) is 66.7 cm³/mol. The number of aryl methyl sites for hydroxylation is 1. The number of imidazole rings is 1. The Morgan fingerprint density at radius 2 is 2.28 bits per heavy atom. The normalized spacial score (nSPS) is 10.4. The van der Waals surface area contributed by atoms with Crippen molar-refractivity contribution in [2.75, 3.05) is 7.11 Å². The van der Waals surface area contributed by atoms with Crippen LogP contribution in [0.15, 0.2) is 24.7 Å². The Morgan fingerprint density at radius 3 is 2.94 bits per heavy atom. The number of halogens is 1. The number of aromatic nitrogens is 3. The van der Waals surface area contributed by atoms with Crippen LogP contribution >= 0.6 is 11.6 Å². The third kappa shape index (κ3) is 2.36. The van der Waals surface area contributed by atoms with Crippen molar-refractivity contribution in [2.45, 2.75) is 13.5 Å². The van der Waals surface area contributed by atoms with E-state index in [9.17, 15) is 4.79 Å². The van der Waals surface area contributed by atoms with Gasteiger partial charge in [0.15, 0.2) is 0 Å². The third-order valence-corrected chi connectivity index (χ3v) is 2.97. The molecule has 6 heteroatoms. The molecule has 0 unspecified atom stereocenters. The van der Waals surface area contributed by atoms with Crippen molar-refractivity contribution >= 4 is 17.6 Å². The third-order valence-electron chi connectivity index (χ3n) is 2.63. The predicted octanol–water partition coefficient (Wildman–Crippen LogP) is 2.07. The van der Waals surface area contributed by atoms with Crippen LogP contribution in [0.4, 0.5) is 0 Å². The average Bonchev–Trinajstić information content (AvgIpc) is 2.73. The molecule has 2 heterocycles. The molecule has 0 aliphatic heterocycles. The number of pyridine rings is 1. The molecule has 0 spiro atoms. The van der Waals surface area contributed by atoms with Crippen LogP contribution in [-0.2, 0) is 11.3 Å². The van der Waals surface area contributed by atoms with Crippen LogP contribution in [0.25, 0.3) is 0 Å². The topological polar surface area (TPSA) is 57.0 Å². The highest BCUT2D eigenvalue weighted by Crippen LogP contribution is 2.17. The molecule has 5 nitrogen and oxygen atoms in total. The van der Waals surface area contributed by atoms with Crippen molar-refractivity contribution in [2.24, 2.45) is 0 Å². The fourth-order valence-electron chi connectivity index (χ4n) is 1.64. The number of hydrogen-bond acceptors (Lipinski definition) is 4. The van der Waals surface area contributed by atoms with Gasteiger partial charge < -0.3 is 9.30 Å². The molecule has 0 amide bonds. The number of hydrogen-bond donors (Lipinski definition) is 0. The van der Waals surface area contributed by atoms with Crippen molar-refractivity contribution < 1.29 is 9.53 Å². The summed E-state index contributed by atoms with van der Waals surface area (Å²) in [5, 5.41) is 0.557. The summed E-state index contributed by atoms with van der Waals surface area (Å²) in [6, 6.07) is 1.81. The molecule has 0 bridgehead atoms. The summed E-state index contributed by atoms with van der Waals surface area (Å²) in [5.41, 5.74) is 1.28. The lowest BCUT2D eigenvalue weighted by Crippen LogP contribution is -2.12. The number of methoxy groups -OCH3 is 1. The molecule has 0 saturated carbocycles. The van der Waals surface area contributed by atoms with E-state index in [4.69, 9.17) is 16.3 Å². The van der Waals surface area contributed by atoms with Crippen molar-refractivity contribution in [3.63, 3.8) is 0 Å². The lowest BCUT2D eigenvalue weighted by molar-refractivity contribution is 0.0588. The molecular weight excluding hydrogens is 254 g/mol. The van der Waals surface area contributed by atoms with Gasteiger partial charge >= 0.3 is 5.97 Å². The molecule has 0 fully saturated rings. The zero-order valence-corrected chi connectivity index (χ0v) is 10.8. The Bertz CT molecular complexity index is 580. The minimum atomic E-state index is -0.416. The summed E-state index contributed by atoms with van der Waals surface area (Å²) in [6.45, 7) is 2.28. The molecular formula is C12H12ClN3O2. The number of carbonyl (C=O) groups excluding carboxylic acids is 1. The van der Waals surface area contributed by atoms with Gasteiger partial charge in [0.1, 0.15) is 11.5 Å². The van der Waals surface area contributed by atoms with Crippen molar-refractivity contribution in [1.82, 2.24) is 14.5 Å². The van der Waals surface area contributed by atoms with Gasteiger partial charge in [0.25, 0.3) is 0 Å². The Hall–Kier alpha value is -1.88. The first-order chi connectivity index (χ1) is 8.63. The summed E-state index contributed by atoms with van der Waals surface area (Å²) < 4.78 is 6.47. The summed E-state index contributed by atoms with van der Waals surface area (Å²) >= 11 is 6.05. The zero-order chi connectivity index (χ0) is 13.1. The van der Waals surface area contributed by atoms with Crippen LogP contribution in [0.3, 0.4) is 0 Å². The van der Waals surface area contributed by atoms with Gasteiger partial charge in [0.2, 0.25) is 0 Å². The molecule has 18 heavy (non-hydrogen) atoms. The summed E-state index contributed by atoms with van der Waals surface area (Å²) in [7, 11) is 1.34. The van der Waals surface area contributed by atoms with E-state index < -0.39 is 5.97 Å². The van der Waals surface area contributed by atoms with Crippen LogP contribution < -0.4 is 0 Å². The molecule has 94 valence electrons. The molecule has 0 aliphatic carbocycles. The van der Waals surface area contributed by atoms with Gasteiger partial charge in [-0.1, -0.05) is 11.6 Å². The highest BCUT2D eigenvalue weighted by Gasteiger charge is 2.15. The van der Waals surface area contributed by atoms with E-state index in [1.54, 1.807) is 17.0 Å². The van der Waals surface area contributed by atoms with E-state index in [0.717, 1.165) is 11.4 Å². The van der Waals surface area contributed by atoms with Crippen molar-refractivity contribution in [3.8, 4) is 0 Å². The standard InChI is InChI=1S/C12H12ClN3O2/c1-8-15-6-11(12(17)18-2)16(8)7-9-3-4-14-5-10(9)13/h3-6H,7H2,1-2H3. The second kappa shape index (κ2) is 5.18. The SMILES string of the molecule is COC(=O)c1cnc(C)n1Cc1ccncc1Cl. The molecule has 0 aliphatic rings. The smallest absolute Gasteiger partial charge is 0.356 e. The van der Waals surface area contributed by atoms with Crippen LogP contribution in [0, 0.1) is 6.92 Å². The summed E-state index contributed by atoms with van der Waals surface area (Å²) in [4.78, 5) is 19.6. The monoisotopic (exact) mass is 265 g/mol. The van der Waals surface area contributed by atoms with E-state index >= 15 is 0 Å². The maximum absolute atomic E-state index is 11.6. The van der Waals surface area contributed by atoms with Gasteiger partial charge in [0, 0.05) is 12.4 Å². The maximum Gasteiger partial charge on any atom is 0.356 e. The molecule has 2 rings (SSSR count). The van der Waals surface area contributed by atoms with Crippen molar-refractivity contribution in [1.29, 1.82) is 0 Å². The van der Waals surface area contributed by atoms with Crippen molar-refractivity contribution in [3.05, 3.63) is 46.8 Å². The fraction of sp³-hybridized carbons (Fsp3) is 0.250. The molecule has 0 aromatic carbocycles. The molecule has 0 saturated heterocycles. The van der Waals surface area contributed by atoms with Gasteiger partial charge in [-0.25, -0.2) is 9.78 Å². The molecule has 0 radical (unpaired) electrons. The fourth-order valence-corrected chi connectivity index (χ4v) is 1.82. The molecule has 2 aromatic rings. The number of ether oxygens (including phenoxy) is 1. The minimum absolute atomic E-state index is 0.405. The summed E-state index contributed by atoms with van der Waals surface area (Å²) in [6.07, 6.45) is 4.72. The Balaban J connectivity index is 2.37. The number of carbonyl (C=O) groups is 1. The molecule has 2 aromatic heterocycles. The minimum Gasteiger partial charge on any atom is -0.464 e. The highest BCUT2D eigenvalue weighted by molar-refractivity contribution is 6.31. The van der Waals surface area contributed by atoms with Crippen LogP contribution in [0.5, 0.6) is 0 Å². The zero-order valence-electron chi connectivity index (χ0n) is 10.1. The average molecular weight is 266 g/mol. The largest absolute Gasteiger partial charge is 0.464 e. The molecule has 0 N–H and O–H groups in total. The van der Waals surface area contributed by atoms with Gasteiger partial charge in [-0.15, -0.1) is 0 Å². The lowest BCUT2D eigenvalue weighted by atomic mass is 10.2. The lowest BCUT2D eigenvalue weighted by Gasteiger charge is -2.10. The quantitative estimate of drug-likeness (QED) is 0.798. The number of nitrogens with zero attached hydrogens (tertiary/aromatic N) is 3. The van der Waals surface area contributed by atoms with Gasteiger partial charge in [-0.3, -0.25) is 4.98 Å². The first-order valence-electron chi connectivity index (χ1n) is 5.32. The Morgan fingerprint density at radius 1 is 1.50 bits per heavy atom. The van der Waals surface area contributed by atoms with Crippen LogP contribution in [0.1, 0.15) is 21.9 Å². The van der Waals surface area contributed by atoms with Gasteiger partial charge in [-0.05, 0) is 18.6 Å². The second-order valence-electron chi connectivity index (χ2n) is 3.74. The second-order valence-corrected chi connectivity index (χ2v) is 4.14. The first-order valence-corrected chi connectivity index (χ1v) is 5.70. The Kier molecular flexibility index (Phi) is 3.62. The van der Waals surface area contributed by atoms with E-state index in [1.165, 1.54) is 13.3 Å². The Labute approximate surface area is 109 Å². The highest BCUT2D eigenvalue weighted by atomic mass is 35.5. The number of esters is 1. The molecule has 0 atom stereocenters. The van der Waals surface area contributed by atoms with E-state index in [1.807, 2.05) is 13.0 Å². The van der Waals surface area contributed by atoms with E-state index in [2.05, 4.69) is 9.97 Å². The summed E-state index contributed by atoms with van der Waals surface area (Å²) in [5.74, 6) is 0.309.